The molecule has 4 heteroatoms. The number of hydrogen-bond acceptors (Lipinski definition) is 4. The number of rotatable bonds is 7. The highest BCUT2D eigenvalue weighted by molar-refractivity contribution is 5.77. The zero-order valence-corrected chi connectivity index (χ0v) is 17.9. The number of para-hydroxylation sites is 1. The molecule has 1 atom stereocenters. The number of nitrogens with zero attached hydrogens (tertiary/aromatic N) is 1. The van der Waals surface area contributed by atoms with Crippen molar-refractivity contribution in [1.29, 1.82) is 0 Å². The van der Waals surface area contributed by atoms with Crippen molar-refractivity contribution in [2.75, 3.05) is 7.11 Å². The summed E-state index contributed by atoms with van der Waals surface area (Å²) in [5, 5.41) is 3.79. The third-order valence-corrected chi connectivity index (χ3v) is 6.18. The predicted molar refractivity (Wildman–Crippen MR) is 122 cm³/mol. The average Bonchev–Trinajstić information content (AvgIpc) is 2.81. The van der Waals surface area contributed by atoms with Crippen molar-refractivity contribution in [3.8, 4) is 16.9 Å². The molecule has 30 heavy (non-hydrogen) atoms. The maximum atomic E-state index is 6.13. The molecule has 156 valence electrons. The van der Waals surface area contributed by atoms with E-state index in [9.17, 15) is 0 Å². The Labute approximate surface area is 179 Å². The molecule has 0 saturated heterocycles. The van der Waals surface area contributed by atoms with Crippen molar-refractivity contribution in [3.63, 3.8) is 0 Å². The fraction of sp³-hybridized carbons (Fsp3) is 0.346. The number of nitrogens with one attached hydrogen (secondary N) is 1. The van der Waals surface area contributed by atoms with Crippen LogP contribution in [0.25, 0.3) is 11.1 Å². The number of aromatic nitrogens is 1. The predicted octanol–water partition coefficient (Wildman–Crippen LogP) is 4.95. The van der Waals surface area contributed by atoms with E-state index in [1.807, 2.05) is 24.4 Å². The van der Waals surface area contributed by atoms with Crippen molar-refractivity contribution < 1.29 is 4.74 Å². The highest BCUT2D eigenvalue weighted by Crippen LogP contribution is 2.37. The van der Waals surface area contributed by atoms with Crippen molar-refractivity contribution in [2.24, 2.45) is 5.73 Å². The van der Waals surface area contributed by atoms with Gasteiger partial charge in [0.2, 0.25) is 0 Å². The summed E-state index contributed by atoms with van der Waals surface area (Å²) in [6.45, 7) is 3.54. The summed E-state index contributed by atoms with van der Waals surface area (Å²) in [6, 6.07) is 17.2. The number of ether oxygens (including phenoxy) is 1. The first-order valence-electron chi connectivity index (χ1n) is 10.9. The molecule has 0 fully saturated rings. The van der Waals surface area contributed by atoms with Gasteiger partial charge in [-0.05, 0) is 65.6 Å². The second-order valence-electron chi connectivity index (χ2n) is 7.87. The molecule has 4 nitrogen and oxygen atoms in total. The van der Waals surface area contributed by atoms with Crippen LogP contribution in [0, 0.1) is 0 Å². The molecule has 1 aliphatic carbocycles. The van der Waals surface area contributed by atoms with E-state index in [1.165, 1.54) is 34.4 Å². The van der Waals surface area contributed by atoms with Crippen LogP contribution in [-0.4, -0.2) is 12.1 Å². The van der Waals surface area contributed by atoms with E-state index in [1.54, 1.807) is 7.11 Å². The fourth-order valence-corrected chi connectivity index (χ4v) is 4.71. The molecule has 1 aliphatic rings. The van der Waals surface area contributed by atoms with E-state index in [-0.39, 0.29) is 0 Å². The van der Waals surface area contributed by atoms with Crippen LogP contribution in [0.2, 0.25) is 0 Å². The first-order valence-corrected chi connectivity index (χ1v) is 10.9. The van der Waals surface area contributed by atoms with E-state index in [4.69, 9.17) is 10.5 Å². The van der Waals surface area contributed by atoms with E-state index < -0.39 is 0 Å². The molecule has 3 N–H and O–H groups in total. The summed E-state index contributed by atoms with van der Waals surface area (Å²) in [5.74, 6) is 0.886. The molecular formula is C26H31N3O. The molecule has 1 unspecified atom stereocenters. The number of pyridine rings is 1. The number of methoxy groups -OCH3 is 1. The fourth-order valence-electron chi connectivity index (χ4n) is 4.71. The first kappa shape index (κ1) is 20.6. The lowest BCUT2D eigenvalue weighted by Crippen LogP contribution is -2.26. The Morgan fingerprint density at radius 1 is 1.10 bits per heavy atom. The number of nitrogens with two attached hydrogens (primary N) is 1. The lowest BCUT2D eigenvalue weighted by molar-refractivity contribution is 0.416. The van der Waals surface area contributed by atoms with Crippen LogP contribution in [0.1, 0.15) is 53.8 Å². The van der Waals surface area contributed by atoms with Gasteiger partial charge in [-0.1, -0.05) is 43.3 Å². The molecular weight excluding hydrogens is 370 g/mol. The van der Waals surface area contributed by atoms with Gasteiger partial charge >= 0.3 is 0 Å². The molecule has 0 aliphatic heterocycles. The van der Waals surface area contributed by atoms with Gasteiger partial charge < -0.3 is 15.8 Å². The zero-order chi connectivity index (χ0) is 20.9. The summed E-state index contributed by atoms with van der Waals surface area (Å²) in [7, 11) is 1.73. The van der Waals surface area contributed by atoms with Crippen LogP contribution in [0.3, 0.4) is 0 Å². The number of benzene rings is 2. The molecule has 0 saturated carbocycles. The number of fused-ring (bicyclic) bond motifs is 1. The Hall–Kier alpha value is -2.69. The minimum Gasteiger partial charge on any atom is -0.496 e. The summed E-state index contributed by atoms with van der Waals surface area (Å²) in [4.78, 5) is 4.68. The van der Waals surface area contributed by atoms with E-state index in [0.717, 1.165) is 42.7 Å². The van der Waals surface area contributed by atoms with Gasteiger partial charge in [0.05, 0.1) is 18.8 Å². The van der Waals surface area contributed by atoms with Gasteiger partial charge in [0, 0.05) is 24.8 Å². The van der Waals surface area contributed by atoms with Gasteiger partial charge in [-0.25, -0.2) is 0 Å². The highest BCUT2D eigenvalue weighted by Gasteiger charge is 2.22. The molecule has 1 heterocycles. The summed E-state index contributed by atoms with van der Waals surface area (Å²) in [6.07, 6.45) is 6.32. The third kappa shape index (κ3) is 3.98. The summed E-state index contributed by atoms with van der Waals surface area (Å²) >= 11 is 0. The van der Waals surface area contributed by atoms with Crippen molar-refractivity contribution in [2.45, 2.75) is 51.7 Å². The van der Waals surface area contributed by atoms with Crippen LogP contribution in [0.15, 0.2) is 54.7 Å². The quantitative estimate of drug-likeness (QED) is 0.588. The van der Waals surface area contributed by atoms with E-state index in [0.29, 0.717) is 12.6 Å². The Kier molecular flexibility index (Phi) is 6.46. The third-order valence-electron chi connectivity index (χ3n) is 6.18. The largest absolute Gasteiger partial charge is 0.496 e. The topological polar surface area (TPSA) is 60.2 Å². The van der Waals surface area contributed by atoms with Gasteiger partial charge in [-0.15, -0.1) is 0 Å². The monoisotopic (exact) mass is 401 g/mol. The van der Waals surface area contributed by atoms with Gasteiger partial charge in [-0.3, -0.25) is 4.98 Å². The maximum absolute atomic E-state index is 6.13. The Morgan fingerprint density at radius 3 is 2.73 bits per heavy atom. The number of aryl methyl sites for hydroxylation is 1. The van der Waals surface area contributed by atoms with E-state index in [2.05, 4.69) is 47.6 Å². The zero-order valence-electron chi connectivity index (χ0n) is 17.9. The van der Waals surface area contributed by atoms with Crippen molar-refractivity contribution >= 4 is 0 Å². The van der Waals surface area contributed by atoms with Crippen LogP contribution in [0.4, 0.5) is 0 Å². The van der Waals surface area contributed by atoms with Crippen molar-refractivity contribution in [3.05, 3.63) is 82.7 Å². The number of hydrogen-bond donors (Lipinski definition) is 2. The Bertz CT molecular complexity index is 1010. The average molecular weight is 402 g/mol. The standard InChI is InChI=1S/C26H31N3O/c1-3-21-20(17-29-23-11-6-8-18-9-7-15-28-26(18)23)14-13-19(16-27)25(21)22-10-4-5-12-24(22)30-2/h4-5,7,9-10,12-15,23,29H,3,6,8,11,16-17,27H2,1-2H3. The van der Waals surface area contributed by atoms with Gasteiger partial charge in [0.15, 0.2) is 0 Å². The maximum Gasteiger partial charge on any atom is 0.126 e. The molecule has 0 radical (unpaired) electrons. The highest BCUT2D eigenvalue weighted by atomic mass is 16.5. The second kappa shape index (κ2) is 9.41. The van der Waals surface area contributed by atoms with Gasteiger partial charge in [-0.2, -0.15) is 0 Å². The smallest absolute Gasteiger partial charge is 0.126 e. The molecule has 0 spiro atoms. The Balaban J connectivity index is 1.68. The molecule has 0 bridgehead atoms. The molecule has 0 amide bonds. The molecule has 2 aromatic carbocycles. The summed E-state index contributed by atoms with van der Waals surface area (Å²) < 4.78 is 5.67. The first-order chi connectivity index (χ1) is 14.8. The second-order valence-corrected chi connectivity index (χ2v) is 7.87. The van der Waals surface area contributed by atoms with E-state index >= 15 is 0 Å². The van der Waals surface area contributed by atoms with Crippen LogP contribution in [0.5, 0.6) is 5.75 Å². The normalized spacial score (nSPS) is 15.6. The summed E-state index contributed by atoms with van der Waals surface area (Å²) in [5.41, 5.74) is 14.9. The molecule has 3 aromatic rings. The minimum absolute atomic E-state index is 0.309. The lowest BCUT2D eigenvalue weighted by Gasteiger charge is -2.26. The lowest BCUT2D eigenvalue weighted by atomic mass is 9.88. The van der Waals surface area contributed by atoms with Crippen LogP contribution < -0.4 is 15.8 Å². The Morgan fingerprint density at radius 2 is 1.93 bits per heavy atom. The SMILES string of the molecule is CCc1c(CNC2CCCc3cccnc32)ccc(CN)c1-c1ccccc1OC. The van der Waals surface area contributed by atoms with Gasteiger partial charge in [0.25, 0.3) is 0 Å². The minimum atomic E-state index is 0.309. The van der Waals surface area contributed by atoms with Crippen molar-refractivity contribution in [1.82, 2.24) is 10.3 Å². The molecule has 4 rings (SSSR count). The molecule has 1 aromatic heterocycles. The van der Waals surface area contributed by atoms with Crippen LogP contribution >= 0.6 is 0 Å². The van der Waals surface area contributed by atoms with Crippen LogP contribution in [-0.2, 0) is 25.9 Å². The van der Waals surface area contributed by atoms with Gasteiger partial charge in [0.1, 0.15) is 5.75 Å².